The number of esters is 1. The number of carbonyl (C=O) groups is 2. The van der Waals surface area contributed by atoms with Crippen molar-refractivity contribution in [3.63, 3.8) is 0 Å². The second kappa shape index (κ2) is 5.25. The van der Waals surface area contributed by atoms with Crippen molar-refractivity contribution in [2.24, 2.45) is 0 Å². The topological polar surface area (TPSA) is 46.6 Å². The molecule has 0 N–H and O–H groups in total. The third-order valence-electron chi connectivity index (χ3n) is 4.29. The molecule has 5 heteroatoms. The first-order valence-corrected chi connectivity index (χ1v) is 8.23. The van der Waals surface area contributed by atoms with Gasteiger partial charge in [0.25, 0.3) is 5.91 Å². The van der Waals surface area contributed by atoms with Crippen LogP contribution in [0.3, 0.4) is 0 Å². The first kappa shape index (κ1) is 13.5. The van der Waals surface area contributed by atoms with E-state index in [1.165, 1.54) is 10.4 Å². The molecule has 0 aliphatic carbocycles. The number of carbonyl (C=O) groups excluding carboxylic acids is 2. The van der Waals surface area contributed by atoms with Crippen molar-refractivity contribution in [2.45, 2.75) is 25.5 Å². The van der Waals surface area contributed by atoms with Crippen molar-refractivity contribution in [1.29, 1.82) is 0 Å². The van der Waals surface area contributed by atoms with Crippen molar-refractivity contribution < 1.29 is 14.3 Å². The van der Waals surface area contributed by atoms with E-state index < -0.39 is 12.1 Å². The molecule has 112 valence electrons. The molecule has 1 atom stereocenters. The summed E-state index contributed by atoms with van der Waals surface area (Å²) in [4.78, 5) is 27.9. The average molecular weight is 313 g/mol. The summed E-state index contributed by atoms with van der Waals surface area (Å²) < 4.78 is 5.37. The maximum atomic E-state index is 12.7. The monoisotopic (exact) mass is 313 g/mol. The van der Waals surface area contributed by atoms with Gasteiger partial charge in [-0.15, -0.1) is 11.3 Å². The number of nitrogens with zero attached hydrogens (tertiary/aromatic N) is 1. The molecule has 0 radical (unpaired) electrons. The fraction of sp³-hybridized carbons (Fsp3) is 0.294. The lowest BCUT2D eigenvalue weighted by Gasteiger charge is -2.32. The zero-order chi connectivity index (χ0) is 15.1. The van der Waals surface area contributed by atoms with Crippen molar-refractivity contribution in [3.05, 3.63) is 57.3 Å². The van der Waals surface area contributed by atoms with Gasteiger partial charge in [0.15, 0.2) is 6.10 Å². The lowest BCUT2D eigenvalue weighted by Crippen LogP contribution is -2.46. The molecule has 1 amide bonds. The summed E-state index contributed by atoms with van der Waals surface area (Å²) in [7, 11) is 0. The van der Waals surface area contributed by atoms with Crippen molar-refractivity contribution in [2.75, 3.05) is 6.54 Å². The summed E-state index contributed by atoms with van der Waals surface area (Å²) in [5.41, 5.74) is 2.68. The van der Waals surface area contributed by atoms with Crippen LogP contribution < -0.4 is 0 Å². The molecular weight excluding hydrogens is 298 g/mol. The second-order valence-corrected chi connectivity index (χ2v) is 6.63. The molecule has 0 saturated heterocycles. The Morgan fingerprint density at radius 2 is 2.09 bits per heavy atom. The Kier molecular flexibility index (Phi) is 3.22. The van der Waals surface area contributed by atoms with Gasteiger partial charge in [0.05, 0.1) is 5.56 Å². The molecule has 3 heterocycles. The van der Waals surface area contributed by atoms with Crippen LogP contribution in [0.25, 0.3) is 0 Å². The van der Waals surface area contributed by atoms with Crippen LogP contribution in [0.1, 0.15) is 26.4 Å². The predicted molar refractivity (Wildman–Crippen MR) is 82.8 cm³/mol. The van der Waals surface area contributed by atoms with Crippen LogP contribution in [0.4, 0.5) is 0 Å². The highest BCUT2D eigenvalue weighted by Gasteiger charge is 2.34. The number of thiophene rings is 1. The number of ether oxygens (including phenoxy) is 1. The van der Waals surface area contributed by atoms with E-state index in [4.69, 9.17) is 4.74 Å². The molecule has 0 spiro atoms. The summed E-state index contributed by atoms with van der Waals surface area (Å²) in [5, 5.41) is 2.07. The van der Waals surface area contributed by atoms with Crippen LogP contribution in [0.5, 0.6) is 0 Å². The summed E-state index contributed by atoms with van der Waals surface area (Å²) in [6.07, 6.45) is 0.659. The molecule has 0 fully saturated rings. The molecule has 2 aliphatic heterocycles. The quantitative estimate of drug-likeness (QED) is 0.760. The minimum absolute atomic E-state index is 0.0836. The van der Waals surface area contributed by atoms with E-state index in [2.05, 4.69) is 11.4 Å². The van der Waals surface area contributed by atoms with Crippen LogP contribution in [-0.4, -0.2) is 29.4 Å². The van der Waals surface area contributed by atoms with Gasteiger partial charge >= 0.3 is 5.97 Å². The summed E-state index contributed by atoms with van der Waals surface area (Å²) in [6.45, 7) is 1.31. The standard InChI is InChI=1S/C17H15NO3S/c19-16(18-7-5-15-12(10-18)6-8-22-15)14-9-11-3-1-2-4-13(11)17(20)21-14/h1-4,6,8,14H,5,7,9-10H2/t14-/m1/s1. The molecule has 0 unspecified atom stereocenters. The first-order chi connectivity index (χ1) is 10.7. The lowest BCUT2D eigenvalue weighted by atomic mass is 9.97. The maximum absolute atomic E-state index is 12.7. The van der Waals surface area contributed by atoms with E-state index in [9.17, 15) is 9.59 Å². The molecule has 2 aliphatic rings. The van der Waals surface area contributed by atoms with Crippen LogP contribution in [0.2, 0.25) is 0 Å². The van der Waals surface area contributed by atoms with Crippen molar-refractivity contribution >= 4 is 23.2 Å². The van der Waals surface area contributed by atoms with Gasteiger partial charge < -0.3 is 9.64 Å². The Labute approximate surface area is 132 Å². The molecule has 22 heavy (non-hydrogen) atoms. The van der Waals surface area contributed by atoms with Gasteiger partial charge in [-0.3, -0.25) is 4.79 Å². The fourth-order valence-corrected chi connectivity index (χ4v) is 4.00. The molecule has 1 aromatic carbocycles. The van der Waals surface area contributed by atoms with E-state index in [0.717, 1.165) is 12.0 Å². The highest BCUT2D eigenvalue weighted by Crippen LogP contribution is 2.27. The van der Waals surface area contributed by atoms with Gasteiger partial charge in [-0.1, -0.05) is 18.2 Å². The third kappa shape index (κ3) is 2.22. The summed E-state index contributed by atoms with van der Waals surface area (Å²) in [5.74, 6) is -0.479. The summed E-state index contributed by atoms with van der Waals surface area (Å²) >= 11 is 1.74. The summed E-state index contributed by atoms with van der Waals surface area (Å²) in [6, 6.07) is 9.41. The highest BCUT2D eigenvalue weighted by atomic mass is 32.1. The van der Waals surface area contributed by atoms with E-state index in [0.29, 0.717) is 25.1 Å². The van der Waals surface area contributed by atoms with Gasteiger partial charge in [-0.25, -0.2) is 4.79 Å². The van der Waals surface area contributed by atoms with E-state index in [1.54, 1.807) is 22.3 Å². The number of cyclic esters (lactones) is 1. The lowest BCUT2D eigenvalue weighted by molar-refractivity contribution is -0.142. The molecule has 2 aromatic rings. The molecular formula is C17H15NO3S. The normalized spacial score (nSPS) is 20.1. The van der Waals surface area contributed by atoms with Crippen molar-refractivity contribution in [1.82, 2.24) is 4.90 Å². The Bertz CT molecular complexity index is 752. The zero-order valence-electron chi connectivity index (χ0n) is 12.0. The molecule has 1 aromatic heterocycles. The second-order valence-electron chi connectivity index (χ2n) is 5.63. The van der Waals surface area contributed by atoms with Gasteiger partial charge in [0, 0.05) is 24.4 Å². The van der Waals surface area contributed by atoms with E-state index in [-0.39, 0.29) is 5.91 Å². The minimum Gasteiger partial charge on any atom is -0.448 e. The number of benzene rings is 1. The van der Waals surface area contributed by atoms with Gasteiger partial charge in [0.2, 0.25) is 0 Å². The van der Waals surface area contributed by atoms with Crippen LogP contribution in [-0.2, 0) is 28.9 Å². The van der Waals surface area contributed by atoms with Crippen molar-refractivity contribution in [3.8, 4) is 0 Å². The Morgan fingerprint density at radius 1 is 1.23 bits per heavy atom. The minimum atomic E-state index is -0.692. The Balaban J connectivity index is 1.54. The smallest absolute Gasteiger partial charge is 0.339 e. The van der Waals surface area contributed by atoms with Gasteiger partial charge in [-0.05, 0) is 35.1 Å². The van der Waals surface area contributed by atoms with E-state index in [1.807, 2.05) is 18.2 Å². The molecule has 4 rings (SSSR count). The number of hydrogen-bond donors (Lipinski definition) is 0. The predicted octanol–water partition coefficient (Wildman–Crippen LogP) is 2.41. The van der Waals surface area contributed by atoms with Gasteiger partial charge in [-0.2, -0.15) is 0 Å². The SMILES string of the molecule is O=C1O[C@@H](C(=O)N2CCc3sccc3C2)Cc2ccccc21. The zero-order valence-corrected chi connectivity index (χ0v) is 12.8. The third-order valence-corrected chi connectivity index (χ3v) is 5.31. The maximum Gasteiger partial charge on any atom is 0.339 e. The van der Waals surface area contributed by atoms with Gasteiger partial charge in [0.1, 0.15) is 0 Å². The van der Waals surface area contributed by atoms with E-state index >= 15 is 0 Å². The van der Waals surface area contributed by atoms with Crippen LogP contribution >= 0.6 is 11.3 Å². The van der Waals surface area contributed by atoms with Crippen LogP contribution in [0.15, 0.2) is 35.7 Å². The number of fused-ring (bicyclic) bond motifs is 2. The number of hydrogen-bond acceptors (Lipinski definition) is 4. The number of rotatable bonds is 1. The Morgan fingerprint density at radius 3 is 3.00 bits per heavy atom. The largest absolute Gasteiger partial charge is 0.448 e. The number of amides is 1. The fourth-order valence-electron chi connectivity index (χ4n) is 3.11. The highest BCUT2D eigenvalue weighted by molar-refractivity contribution is 7.10. The van der Waals surface area contributed by atoms with Crippen LogP contribution in [0, 0.1) is 0 Å². The average Bonchev–Trinajstić information content (AvgIpc) is 3.01. The molecule has 0 bridgehead atoms. The Hall–Kier alpha value is -2.14. The first-order valence-electron chi connectivity index (χ1n) is 7.35. The molecule has 4 nitrogen and oxygen atoms in total. The molecule has 0 saturated carbocycles.